The summed E-state index contributed by atoms with van der Waals surface area (Å²) >= 11 is 6.31. The molecular formula is C24H17ClF4N2O2. The molecule has 4 aromatic rings. The number of aryl methyl sites for hydroxylation is 1. The molecule has 3 aromatic carbocycles. The van der Waals surface area contributed by atoms with E-state index in [-0.39, 0.29) is 11.5 Å². The van der Waals surface area contributed by atoms with Crippen LogP contribution in [0.5, 0.6) is 11.5 Å². The minimum absolute atomic E-state index is 0.00827. The van der Waals surface area contributed by atoms with Crippen LogP contribution in [0.15, 0.2) is 72.8 Å². The number of benzene rings is 3. The Labute approximate surface area is 191 Å². The Morgan fingerprint density at radius 1 is 0.788 bits per heavy atom. The van der Waals surface area contributed by atoms with Gasteiger partial charge >= 0.3 is 13.2 Å². The van der Waals surface area contributed by atoms with Gasteiger partial charge in [0.15, 0.2) is 0 Å². The largest absolute Gasteiger partial charge is 0.435 e. The van der Waals surface area contributed by atoms with Crippen molar-refractivity contribution in [3.8, 4) is 39.7 Å². The van der Waals surface area contributed by atoms with Crippen LogP contribution in [0.2, 0.25) is 5.02 Å². The van der Waals surface area contributed by atoms with Gasteiger partial charge in [-0.1, -0.05) is 41.9 Å². The predicted octanol–water partition coefficient (Wildman–Crippen LogP) is 7.37. The second-order valence-electron chi connectivity index (χ2n) is 7.07. The van der Waals surface area contributed by atoms with E-state index in [0.717, 1.165) is 5.56 Å². The summed E-state index contributed by atoms with van der Waals surface area (Å²) in [6.07, 6.45) is 0. The molecule has 170 valence electrons. The molecule has 33 heavy (non-hydrogen) atoms. The maximum Gasteiger partial charge on any atom is 0.387 e. The third kappa shape index (κ3) is 5.28. The van der Waals surface area contributed by atoms with E-state index in [1.54, 1.807) is 41.1 Å². The van der Waals surface area contributed by atoms with E-state index in [1.807, 2.05) is 19.1 Å². The van der Waals surface area contributed by atoms with Crippen LogP contribution < -0.4 is 9.47 Å². The topological polar surface area (TPSA) is 36.3 Å². The Morgan fingerprint density at radius 3 is 2.00 bits per heavy atom. The SMILES string of the molecule is Cc1ccc(-n2nc(-c3cccc(OC(F)F)c3)cc2-c2cccc(OC(F)F)c2)cc1Cl. The highest BCUT2D eigenvalue weighted by molar-refractivity contribution is 6.31. The monoisotopic (exact) mass is 476 g/mol. The average Bonchev–Trinajstić information content (AvgIpc) is 3.21. The molecular weight excluding hydrogens is 460 g/mol. The number of aromatic nitrogens is 2. The van der Waals surface area contributed by atoms with E-state index in [2.05, 4.69) is 14.6 Å². The first kappa shape index (κ1) is 22.7. The van der Waals surface area contributed by atoms with Crippen LogP contribution in [-0.2, 0) is 0 Å². The molecule has 0 aliphatic heterocycles. The maximum absolute atomic E-state index is 12.7. The summed E-state index contributed by atoms with van der Waals surface area (Å²) in [5.74, 6) is -0.0182. The second-order valence-corrected chi connectivity index (χ2v) is 7.48. The van der Waals surface area contributed by atoms with Crippen molar-refractivity contribution in [3.63, 3.8) is 0 Å². The van der Waals surface area contributed by atoms with Crippen molar-refractivity contribution in [1.29, 1.82) is 0 Å². The summed E-state index contributed by atoms with van der Waals surface area (Å²) in [6, 6.07) is 19.4. The smallest absolute Gasteiger partial charge is 0.387 e. The van der Waals surface area contributed by atoms with E-state index >= 15 is 0 Å². The van der Waals surface area contributed by atoms with Crippen molar-refractivity contribution in [2.24, 2.45) is 0 Å². The van der Waals surface area contributed by atoms with Gasteiger partial charge in [0.1, 0.15) is 11.5 Å². The Kier molecular flexibility index (Phi) is 6.55. The summed E-state index contributed by atoms with van der Waals surface area (Å²) < 4.78 is 61.3. The molecule has 0 spiro atoms. The Balaban J connectivity index is 1.85. The normalized spacial score (nSPS) is 11.3. The molecule has 1 aromatic heterocycles. The lowest BCUT2D eigenvalue weighted by molar-refractivity contribution is -0.0505. The fourth-order valence-corrected chi connectivity index (χ4v) is 3.48. The maximum atomic E-state index is 12.7. The quantitative estimate of drug-likeness (QED) is 0.261. The molecule has 0 unspecified atom stereocenters. The number of hydrogen-bond donors (Lipinski definition) is 0. The average molecular weight is 477 g/mol. The number of halogens is 5. The Bertz CT molecular complexity index is 1280. The molecule has 0 aliphatic rings. The summed E-state index contributed by atoms with van der Waals surface area (Å²) in [5.41, 5.74) is 3.62. The van der Waals surface area contributed by atoms with Gasteiger partial charge < -0.3 is 9.47 Å². The van der Waals surface area contributed by atoms with Crippen LogP contribution in [-0.4, -0.2) is 23.0 Å². The second kappa shape index (κ2) is 9.54. The Morgan fingerprint density at radius 2 is 1.39 bits per heavy atom. The van der Waals surface area contributed by atoms with Gasteiger partial charge in [-0.25, -0.2) is 4.68 Å². The van der Waals surface area contributed by atoms with E-state index in [4.69, 9.17) is 11.6 Å². The van der Waals surface area contributed by atoms with Gasteiger partial charge in [-0.15, -0.1) is 0 Å². The molecule has 0 amide bonds. The first-order valence-electron chi connectivity index (χ1n) is 9.77. The van der Waals surface area contributed by atoms with Crippen molar-refractivity contribution in [3.05, 3.63) is 83.4 Å². The van der Waals surface area contributed by atoms with Crippen molar-refractivity contribution >= 4 is 11.6 Å². The van der Waals surface area contributed by atoms with Gasteiger partial charge in [0, 0.05) is 16.1 Å². The van der Waals surface area contributed by atoms with Crippen LogP contribution >= 0.6 is 11.6 Å². The molecule has 0 saturated carbocycles. The first-order chi connectivity index (χ1) is 15.8. The lowest BCUT2D eigenvalue weighted by Gasteiger charge is -2.10. The highest BCUT2D eigenvalue weighted by Crippen LogP contribution is 2.33. The molecule has 0 atom stereocenters. The zero-order valence-corrected chi connectivity index (χ0v) is 17.9. The fraction of sp³-hybridized carbons (Fsp3) is 0.125. The molecule has 4 rings (SSSR count). The van der Waals surface area contributed by atoms with E-state index in [0.29, 0.717) is 33.2 Å². The van der Waals surface area contributed by atoms with Gasteiger partial charge in [-0.3, -0.25) is 0 Å². The lowest BCUT2D eigenvalue weighted by atomic mass is 10.1. The van der Waals surface area contributed by atoms with Gasteiger partial charge in [-0.2, -0.15) is 22.7 Å². The van der Waals surface area contributed by atoms with Crippen LogP contribution in [0, 0.1) is 6.92 Å². The van der Waals surface area contributed by atoms with Gasteiger partial charge in [0.2, 0.25) is 0 Å². The van der Waals surface area contributed by atoms with Crippen molar-refractivity contribution in [2.75, 3.05) is 0 Å². The summed E-state index contributed by atoms with van der Waals surface area (Å²) in [5, 5.41) is 5.16. The zero-order valence-electron chi connectivity index (χ0n) is 17.2. The lowest BCUT2D eigenvalue weighted by Crippen LogP contribution is -2.03. The molecule has 0 aliphatic carbocycles. The van der Waals surface area contributed by atoms with Gasteiger partial charge in [0.05, 0.1) is 17.1 Å². The third-order valence-electron chi connectivity index (χ3n) is 4.82. The van der Waals surface area contributed by atoms with Crippen molar-refractivity contribution in [2.45, 2.75) is 20.1 Å². The summed E-state index contributed by atoms with van der Waals surface area (Å²) in [4.78, 5) is 0. The van der Waals surface area contributed by atoms with Crippen LogP contribution in [0.1, 0.15) is 5.56 Å². The number of alkyl halides is 4. The molecule has 1 heterocycles. The summed E-state index contributed by atoms with van der Waals surface area (Å²) in [7, 11) is 0. The molecule has 4 nitrogen and oxygen atoms in total. The Hall–Kier alpha value is -3.52. The molecule has 9 heteroatoms. The third-order valence-corrected chi connectivity index (χ3v) is 5.23. The number of hydrogen-bond acceptors (Lipinski definition) is 3. The zero-order chi connectivity index (χ0) is 23.5. The fourth-order valence-electron chi connectivity index (χ4n) is 3.30. The minimum Gasteiger partial charge on any atom is -0.435 e. The molecule has 0 N–H and O–H groups in total. The summed E-state index contributed by atoms with van der Waals surface area (Å²) in [6.45, 7) is -4.06. The molecule has 0 fully saturated rings. The van der Waals surface area contributed by atoms with E-state index in [1.165, 1.54) is 24.3 Å². The number of ether oxygens (including phenoxy) is 2. The number of rotatable bonds is 7. The standard InChI is InChI=1S/C24H17ClF4N2O2/c1-14-8-9-17(12-20(14)25)31-22(16-5-3-7-19(11-16)33-24(28)29)13-21(30-31)15-4-2-6-18(10-15)32-23(26)27/h2-13,23-24H,1H3. The molecule has 0 radical (unpaired) electrons. The first-order valence-corrected chi connectivity index (χ1v) is 10.1. The van der Waals surface area contributed by atoms with E-state index in [9.17, 15) is 17.6 Å². The van der Waals surface area contributed by atoms with Gasteiger partial charge in [0.25, 0.3) is 0 Å². The van der Waals surface area contributed by atoms with Crippen LogP contribution in [0.4, 0.5) is 17.6 Å². The predicted molar refractivity (Wildman–Crippen MR) is 117 cm³/mol. The minimum atomic E-state index is -2.96. The highest BCUT2D eigenvalue weighted by Gasteiger charge is 2.16. The highest BCUT2D eigenvalue weighted by atomic mass is 35.5. The van der Waals surface area contributed by atoms with E-state index < -0.39 is 13.2 Å². The van der Waals surface area contributed by atoms with Crippen LogP contribution in [0.3, 0.4) is 0 Å². The van der Waals surface area contributed by atoms with Gasteiger partial charge in [-0.05, 0) is 55.0 Å². The number of nitrogens with zero attached hydrogens (tertiary/aromatic N) is 2. The van der Waals surface area contributed by atoms with Crippen LogP contribution in [0.25, 0.3) is 28.2 Å². The van der Waals surface area contributed by atoms with Crippen molar-refractivity contribution in [1.82, 2.24) is 9.78 Å². The molecule has 0 bridgehead atoms. The molecule has 0 saturated heterocycles. The van der Waals surface area contributed by atoms with Crippen molar-refractivity contribution < 1.29 is 27.0 Å².